The number of amides is 2. The predicted molar refractivity (Wildman–Crippen MR) is 46.2 cm³/mol. The Bertz CT molecular complexity index is 264. The van der Waals surface area contributed by atoms with E-state index in [1.54, 1.807) is 0 Å². The van der Waals surface area contributed by atoms with Gasteiger partial charge in [0.1, 0.15) is 6.61 Å². The summed E-state index contributed by atoms with van der Waals surface area (Å²) in [5.41, 5.74) is 0. The van der Waals surface area contributed by atoms with Crippen LogP contribution in [0.4, 0.5) is 0 Å². The summed E-state index contributed by atoms with van der Waals surface area (Å²) in [7, 11) is 0. The molecular weight excluding hydrogens is 188 g/mol. The van der Waals surface area contributed by atoms with Gasteiger partial charge in [-0.25, -0.2) is 0 Å². The highest BCUT2D eigenvalue weighted by atomic mass is 16.5. The van der Waals surface area contributed by atoms with Crippen molar-refractivity contribution < 1.29 is 19.1 Å². The van der Waals surface area contributed by atoms with Crippen molar-refractivity contribution in [3.63, 3.8) is 0 Å². The number of nitrogens with one attached hydrogen (secondary N) is 1. The lowest BCUT2D eigenvalue weighted by molar-refractivity contribution is -0.150. The topological polar surface area (TPSA) is 75.7 Å². The number of hydrogen-bond acceptors (Lipinski definition) is 4. The fourth-order valence-corrected chi connectivity index (χ4v) is 1.14. The standard InChI is InChI=1S/C8H12N2O4/c1-6(11)14-5-4-10-3-2-9-7(12)8(10)13/h2-5H2,1H3,(H,9,12). The van der Waals surface area contributed by atoms with E-state index in [1.807, 2.05) is 0 Å². The molecule has 1 N–H and O–H groups in total. The van der Waals surface area contributed by atoms with Crippen molar-refractivity contribution in [2.45, 2.75) is 6.92 Å². The Balaban J connectivity index is 2.32. The molecule has 1 saturated heterocycles. The van der Waals surface area contributed by atoms with E-state index < -0.39 is 11.8 Å². The molecule has 0 aromatic heterocycles. The quantitative estimate of drug-likeness (QED) is 0.444. The van der Waals surface area contributed by atoms with Gasteiger partial charge in [0.25, 0.3) is 0 Å². The Morgan fingerprint density at radius 1 is 1.57 bits per heavy atom. The number of esters is 1. The minimum absolute atomic E-state index is 0.133. The number of carbonyl (C=O) groups is 3. The summed E-state index contributed by atoms with van der Waals surface area (Å²) in [6.45, 7) is 2.61. The molecule has 0 bridgehead atoms. The molecule has 0 atom stereocenters. The zero-order chi connectivity index (χ0) is 10.6. The van der Waals surface area contributed by atoms with E-state index in [4.69, 9.17) is 0 Å². The first-order chi connectivity index (χ1) is 6.61. The molecule has 1 aliphatic heterocycles. The lowest BCUT2D eigenvalue weighted by atomic mass is 10.3. The maximum Gasteiger partial charge on any atom is 0.312 e. The second-order valence-electron chi connectivity index (χ2n) is 2.89. The first-order valence-corrected chi connectivity index (χ1v) is 4.31. The van der Waals surface area contributed by atoms with Crippen LogP contribution in [0.25, 0.3) is 0 Å². The van der Waals surface area contributed by atoms with Crippen LogP contribution in [0.3, 0.4) is 0 Å². The average molecular weight is 200 g/mol. The third-order valence-electron chi connectivity index (χ3n) is 1.82. The highest BCUT2D eigenvalue weighted by Crippen LogP contribution is 1.95. The van der Waals surface area contributed by atoms with Gasteiger partial charge in [0.2, 0.25) is 0 Å². The number of piperazine rings is 1. The van der Waals surface area contributed by atoms with Gasteiger partial charge in [0.15, 0.2) is 0 Å². The molecule has 1 fully saturated rings. The molecule has 78 valence electrons. The molecule has 0 radical (unpaired) electrons. The first kappa shape index (κ1) is 10.5. The van der Waals surface area contributed by atoms with Crippen LogP contribution in [0.2, 0.25) is 0 Å². The monoisotopic (exact) mass is 200 g/mol. The van der Waals surface area contributed by atoms with E-state index in [0.717, 1.165) is 0 Å². The summed E-state index contributed by atoms with van der Waals surface area (Å²) >= 11 is 0. The summed E-state index contributed by atoms with van der Waals surface area (Å²) < 4.78 is 4.66. The number of ether oxygens (including phenoxy) is 1. The molecule has 0 spiro atoms. The Morgan fingerprint density at radius 3 is 2.93 bits per heavy atom. The van der Waals surface area contributed by atoms with Crippen molar-refractivity contribution in [1.29, 1.82) is 0 Å². The second kappa shape index (κ2) is 4.59. The van der Waals surface area contributed by atoms with Crippen molar-refractivity contribution in [1.82, 2.24) is 10.2 Å². The Hall–Kier alpha value is -1.59. The third kappa shape index (κ3) is 2.72. The fraction of sp³-hybridized carbons (Fsp3) is 0.625. The van der Waals surface area contributed by atoms with Crippen LogP contribution in [-0.2, 0) is 19.1 Å². The molecule has 0 aromatic carbocycles. The van der Waals surface area contributed by atoms with Crippen LogP contribution >= 0.6 is 0 Å². The van der Waals surface area contributed by atoms with Crippen molar-refractivity contribution in [2.75, 3.05) is 26.2 Å². The molecule has 1 aliphatic rings. The van der Waals surface area contributed by atoms with Gasteiger partial charge in [-0.3, -0.25) is 14.4 Å². The molecule has 0 aliphatic carbocycles. The average Bonchev–Trinajstić information content (AvgIpc) is 2.12. The van der Waals surface area contributed by atoms with Gasteiger partial charge in [-0.1, -0.05) is 0 Å². The van der Waals surface area contributed by atoms with Gasteiger partial charge in [0, 0.05) is 20.0 Å². The van der Waals surface area contributed by atoms with Gasteiger partial charge < -0.3 is 15.0 Å². The van der Waals surface area contributed by atoms with E-state index >= 15 is 0 Å². The van der Waals surface area contributed by atoms with Gasteiger partial charge in [0.05, 0.1) is 6.54 Å². The van der Waals surface area contributed by atoms with Crippen molar-refractivity contribution >= 4 is 17.8 Å². The Morgan fingerprint density at radius 2 is 2.29 bits per heavy atom. The van der Waals surface area contributed by atoms with Crippen LogP contribution in [0.5, 0.6) is 0 Å². The Labute approximate surface area is 81.2 Å². The third-order valence-corrected chi connectivity index (χ3v) is 1.82. The molecule has 0 saturated carbocycles. The van der Waals surface area contributed by atoms with Gasteiger partial charge in [-0.05, 0) is 0 Å². The highest BCUT2D eigenvalue weighted by molar-refractivity contribution is 6.35. The molecule has 1 rings (SSSR count). The largest absolute Gasteiger partial charge is 0.464 e. The zero-order valence-corrected chi connectivity index (χ0v) is 7.91. The van der Waals surface area contributed by atoms with E-state index in [-0.39, 0.29) is 19.1 Å². The second-order valence-corrected chi connectivity index (χ2v) is 2.89. The maximum atomic E-state index is 11.2. The SMILES string of the molecule is CC(=O)OCCN1CCNC(=O)C1=O. The Kier molecular flexibility index (Phi) is 3.44. The number of nitrogens with zero attached hydrogens (tertiary/aromatic N) is 1. The van der Waals surface area contributed by atoms with E-state index in [0.29, 0.717) is 13.1 Å². The highest BCUT2D eigenvalue weighted by Gasteiger charge is 2.25. The van der Waals surface area contributed by atoms with Crippen LogP contribution in [0.1, 0.15) is 6.92 Å². The molecule has 1 heterocycles. The molecule has 0 aromatic rings. The number of carbonyl (C=O) groups excluding carboxylic acids is 3. The molecule has 6 nitrogen and oxygen atoms in total. The fourth-order valence-electron chi connectivity index (χ4n) is 1.14. The lowest BCUT2D eigenvalue weighted by Gasteiger charge is -2.25. The molecular formula is C8H12N2O4. The maximum absolute atomic E-state index is 11.2. The summed E-state index contributed by atoms with van der Waals surface area (Å²) in [5.74, 6) is -1.55. The van der Waals surface area contributed by atoms with Gasteiger partial charge in [-0.2, -0.15) is 0 Å². The van der Waals surface area contributed by atoms with Crippen LogP contribution in [-0.4, -0.2) is 48.9 Å². The number of hydrogen-bond donors (Lipinski definition) is 1. The predicted octanol–water partition coefficient (Wildman–Crippen LogP) is -1.49. The van der Waals surface area contributed by atoms with Crippen molar-refractivity contribution in [2.24, 2.45) is 0 Å². The van der Waals surface area contributed by atoms with E-state index in [1.165, 1.54) is 11.8 Å². The van der Waals surface area contributed by atoms with E-state index in [9.17, 15) is 14.4 Å². The minimum Gasteiger partial charge on any atom is -0.464 e. The molecule has 0 unspecified atom stereocenters. The van der Waals surface area contributed by atoms with Crippen LogP contribution in [0.15, 0.2) is 0 Å². The van der Waals surface area contributed by atoms with Gasteiger partial charge in [-0.15, -0.1) is 0 Å². The smallest absolute Gasteiger partial charge is 0.312 e. The van der Waals surface area contributed by atoms with Crippen LogP contribution < -0.4 is 5.32 Å². The normalized spacial score (nSPS) is 16.5. The van der Waals surface area contributed by atoms with Gasteiger partial charge >= 0.3 is 17.8 Å². The summed E-state index contributed by atoms with van der Waals surface area (Å²) in [5, 5.41) is 2.42. The molecule has 6 heteroatoms. The van der Waals surface area contributed by atoms with Crippen LogP contribution in [0, 0.1) is 0 Å². The van der Waals surface area contributed by atoms with E-state index in [2.05, 4.69) is 10.1 Å². The summed E-state index contributed by atoms with van der Waals surface area (Å²) in [6, 6.07) is 0. The summed E-state index contributed by atoms with van der Waals surface area (Å²) in [4.78, 5) is 33.9. The van der Waals surface area contributed by atoms with Crippen molar-refractivity contribution in [3.8, 4) is 0 Å². The molecule has 14 heavy (non-hydrogen) atoms. The van der Waals surface area contributed by atoms with Crippen molar-refractivity contribution in [3.05, 3.63) is 0 Å². The molecule has 2 amide bonds. The first-order valence-electron chi connectivity index (χ1n) is 4.31. The minimum atomic E-state index is -0.598. The zero-order valence-electron chi connectivity index (χ0n) is 7.91. The lowest BCUT2D eigenvalue weighted by Crippen LogP contribution is -2.52. The summed E-state index contributed by atoms with van der Waals surface area (Å²) in [6.07, 6.45) is 0. The number of rotatable bonds is 3.